The van der Waals surface area contributed by atoms with E-state index in [2.05, 4.69) is 9.62 Å². The zero-order chi connectivity index (χ0) is 19.4. The highest BCUT2D eigenvalue weighted by Crippen LogP contribution is 2.17. The van der Waals surface area contributed by atoms with Gasteiger partial charge in [0.05, 0.1) is 5.75 Å². The van der Waals surface area contributed by atoms with Crippen LogP contribution in [0.4, 0.5) is 5.69 Å². The third-order valence-electron chi connectivity index (χ3n) is 4.80. The van der Waals surface area contributed by atoms with E-state index in [1.165, 1.54) is 0 Å². The minimum Gasteiger partial charge on any atom is -0.336 e. The average molecular weight is 388 g/mol. The van der Waals surface area contributed by atoms with Crippen molar-refractivity contribution in [2.24, 2.45) is 0 Å². The molecule has 6 nitrogen and oxygen atoms in total. The average Bonchev–Trinajstić information content (AvgIpc) is 2.64. The third kappa shape index (κ3) is 5.08. The molecule has 0 radical (unpaired) electrons. The molecule has 0 aromatic heterocycles. The van der Waals surface area contributed by atoms with Crippen molar-refractivity contribution in [3.05, 3.63) is 65.2 Å². The van der Waals surface area contributed by atoms with E-state index < -0.39 is 10.0 Å². The normalized spacial score (nSPS) is 15.6. The predicted octanol–water partition coefficient (Wildman–Crippen LogP) is 2.32. The van der Waals surface area contributed by atoms with Crippen LogP contribution >= 0.6 is 0 Å². The lowest BCUT2D eigenvalue weighted by atomic mass is 10.1. The summed E-state index contributed by atoms with van der Waals surface area (Å²) in [7, 11) is -1.48. The SMILES string of the molecule is Cc1ccccc1CS(=O)(=O)Nc1ccc(C(=O)N2CCN(C)CC2)cc1. The zero-order valence-electron chi connectivity index (χ0n) is 15.7. The molecule has 1 aliphatic heterocycles. The first-order valence-corrected chi connectivity index (χ1v) is 10.6. The number of nitrogens with one attached hydrogen (secondary N) is 1. The van der Waals surface area contributed by atoms with Crippen LogP contribution in [0, 0.1) is 6.92 Å². The Morgan fingerprint density at radius 1 is 1.00 bits per heavy atom. The van der Waals surface area contributed by atoms with Crippen molar-refractivity contribution < 1.29 is 13.2 Å². The predicted molar refractivity (Wildman–Crippen MR) is 107 cm³/mol. The van der Waals surface area contributed by atoms with E-state index in [4.69, 9.17) is 0 Å². The van der Waals surface area contributed by atoms with Crippen molar-refractivity contribution in [1.29, 1.82) is 0 Å². The molecule has 0 unspecified atom stereocenters. The summed E-state index contributed by atoms with van der Waals surface area (Å²) in [5.74, 6) is -0.0980. The van der Waals surface area contributed by atoms with Crippen LogP contribution in [0.2, 0.25) is 0 Å². The Morgan fingerprint density at radius 2 is 1.63 bits per heavy atom. The second-order valence-corrected chi connectivity index (χ2v) is 8.68. The van der Waals surface area contributed by atoms with Gasteiger partial charge in [0, 0.05) is 37.4 Å². The minimum atomic E-state index is -3.52. The highest BCUT2D eigenvalue weighted by Gasteiger charge is 2.20. The number of rotatable bonds is 5. The van der Waals surface area contributed by atoms with Crippen LogP contribution in [-0.2, 0) is 15.8 Å². The minimum absolute atomic E-state index is 0.0163. The lowest BCUT2D eigenvalue weighted by molar-refractivity contribution is 0.0664. The first-order valence-electron chi connectivity index (χ1n) is 8.97. The molecule has 0 bridgehead atoms. The first kappa shape index (κ1) is 19.4. The van der Waals surface area contributed by atoms with Gasteiger partial charge < -0.3 is 9.80 Å². The number of aryl methyl sites for hydroxylation is 1. The van der Waals surface area contributed by atoms with Gasteiger partial charge in [-0.05, 0) is 49.4 Å². The summed E-state index contributed by atoms with van der Waals surface area (Å²) in [4.78, 5) is 16.6. The standard InChI is InChI=1S/C20H25N3O3S/c1-16-5-3-4-6-18(16)15-27(25,26)21-19-9-7-17(8-10-19)20(24)23-13-11-22(2)12-14-23/h3-10,21H,11-15H2,1-2H3. The van der Waals surface area contributed by atoms with Crippen molar-refractivity contribution in [3.63, 3.8) is 0 Å². The van der Waals surface area contributed by atoms with E-state index in [0.29, 0.717) is 24.3 Å². The number of piperazine rings is 1. The highest BCUT2D eigenvalue weighted by atomic mass is 32.2. The molecule has 2 aromatic rings. The van der Waals surface area contributed by atoms with Gasteiger partial charge >= 0.3 is 0 Å². The molecule has 1 heterocycles. The van der Waals surface area contributed by atoms with Gasteiger partial charge in [-0.1, -0.05) is 24.3 Å². The van der Waals surface area contributed by atoms with Crippen LogP contribution in [0.1, 0.15) is 21.5 Å². The smallest absolute Gasteiger partial charge is 0.253 e. The summed E-state index contributed by atoms with van der Waals surface area (Å²) in [5.41, 5.74) is 2.74. The number of sulfonamides is 1. The van der Waals surface area contributed by atoms with Crippen molar-refractivity contribution in [2.75, 3.05) is 37.9 Å². The van der Waals surface area contributed by atoms with E-state index in [-0.39, 0.29) is 11.7 Å². The molecule has 27 heavy (non-hydrogen) atoms. The molecular weight excluding hydrogens is 362 g/mol. The third-order valence-corrected chi connectivity index (χ3v) is 6.04. The molecule has 0 spiro atoms. The van der Waals surface area contributed by atoms with E-state index in [1.54, 1.807) is 24.3 Å². The summed E-state index contributed by atoms with van der Waals surface area (Å²) in [5, 5.41) is 0. The van der Waals surface area contributed by atoms with E-state index in [9.17, 15) is 13.2 Å². The maximum atomic E-state index is 12.6. The molecule has 1 N–H and O–H groups in total. The summed E-state index contributed by atoms with van der Waals surface area (Å²) < 4.78 is 27.4. The second kappa shape index (κ2) is 8.10. The van der Waals surface area contributed by atoms with E-state index in [0.717, 1.165) is 24.2 Å². The van der Waals surface area contributed by atoms with Crippen LogP contribution in [0.25, 0.3) is 0 Å². The first-order chi connectivity index (χ1) is 12.8. The molecule has 0 atom stereocenters. The van der Waals surface area contributed by atoms with Crippen molar-refractivity contribution in [1.82, 2.24) is 9.80 Å². The Hall–Kier alpha value is -2.38. The maximum absolute atomic E-state index is 12.6. The zero-order valence-corrected chi connectivity index (χ0v) is 16.5. The van der Waals surface area contributed by atoms with Crippen molar-refractivity contribution in [3.8, 4) is 0 Å². The maximum Gasteiger partial charge on any atom is 0.253 e. The fourth-order valence-corrected chi connectivity index (χ4v) is 4.37. The number of likely N-dealkylation sites (N-methyl/N-ethyl adjacent to an activating group) is 1. The quantitative estimate of drug-likeness (QED) is 0.855. The molecule has 144 valence electrons. The van der Waals surface area contributed by atoms with Gasteiger partial charge in [-0.15, -0.1) is 0 Å². The van der Waals surface area contributed by atoms with Crippen LogP contribution in [0.3, 0.4) is 0 Å². The Balaban J connectivity index is 1.65. The number of hydrogen-bond donors (Lipinski definition) is 1. The summed E-state index contributed by atoms with van der Waals surface area (Å²) in [6, 6.07) is 14.0. The van der Waals surface area contributed by atoms with Gasteiger partial charge in [0.25, 0.3) is 5.91 Å². The molecule has 3 rings (SSSR count). The van der Waals surface area contributed by atoms with Crippen LogP contribution in [0.5, 0.6) is 0 Å². The number of hydrogen-bond acceptors (Lipinski definition) is 4. The monoisotopic (exact) mass is 387 g/mol. The highest BCUT2D eigenvalue weighted by molar-refractivity contribution is 7.91. The second-order valence-electron chi connectivity index (χ2n) is 6.96. The number of anilines is 1. The molecule has 7 heteroatoms. The lowest BCUT2D eigenvalue weighted by Gasteiger charge is -2.32. The fourth-order valence-electron chi connectivity index (χ4n) is 3.07. The van der Waals surface area contributed by atoms with Crippen molar-refractivity contribution >= 4 is 21.6 Å². The van der Waals surface area contributed by atoms with Gasteiger partial charge in [0.15, 0.2) is 0 Å². The number of carbonyl (C=O) groups is 1. The number of benzene rings is 2. The van der Waals surface area contributed by atoms with Crippen molar-refractivity contribution in [2.45, 2.75) is 12.7 Å². The Kier molecular flexibility index (Phi) is 5.82. The molecular formula is C20H25N3O3S. The fraction of sp³-hybridized carbons (Fsp3) is 0.350. The lowest BCUT2D eigenvalue weighted by Crippen LogP contribution is -2.47. The molecule has 1 fully saturated rings. The summed E-state index contributed by atoms with van der Waals surface area (Å²) in [6.07, 6.45) is 0. The number of amides is 1. The summed E-state index contributed by atoms with van der Waals surface area (Å²) >= 11 is 0. The van der Waals surface area contributed by atoms with Gasteiger partial charge in [-0.3, -0.25) is 9.52 Å². The Bertz CT molecular complexity index is 902. The van der Waals surface area contributed by atoms with Gasteiger partial charge in [-0.25, -0.2) is 8.42 Å². The van der Waals surface area contributed by atoms with Crippen LogP contribution in [-0.4, -0.2) is 57.4 Å². The van der Waals surface area contributed by atoms with Gasteiger partial charge in [-0.2, -0.15) is 0 Å². The molecule has 1 saturated heterocycles. The van der Waals surface area contributed by atoms with Crippen LogP contribution in [0.15, 0.2) is 48.5 Å². The Labute approximate surface area is 160 Å². The van der Waals surface area contributed by atoms with E-state index in [1.807, 2.05) is 43.1 Å². The molecule has 0 aliphatic carbocycles. The Morgan fingerprint density at radius 3 is 2.26 bits per heavy atom. The topological polar surface area (TPSA) is 69.7 Å². The molecule has 1 amide bonds. The van der Waals surface area contributed by atoms with Gasteiger partial charge in [0.1, 0.15) is 0 Å². The largest absolute Gasteiger partial charge is 0.336 e. The number of nitrogens with zero attached hydrogens (tertiary/aromatic N) is 2. The number of carbonyl (C=O) groups excluding carboxylic acids is 1. The van der Waals surface area contributed by atoms with E-state index >= 15 is 0 Å². The molecule has 0 saturated carbocycles. The van der Waals surface area contributed by atoms with Gasteiger partial charge in [0.2, 0.25) is 10.0 Å². The summed E-state index contributed by atoms with van der Waals surface area (Å²) in [6.45, 7) is 5.04. The molecule has 2 aromatic carbocycles. The molecule has 1 aliphatic rings. The van der Waals surface area contributed by atoms with Crippen LogP contribution < -0.4 is 4.72 Å².